The Labute approximate surface area is 184 Å². The monoisotopic (exact) mass is 421 g/mol. The van der Waals surface area contributed by atoms with Gasteiger partial charge in [0.15, 0.2) is 11.5 Å². The summed E-state index contributed by atoms with van der Waals surface area (Å²) in [5.41, 5.74) is 7.81. The van der Waals surface area contributed by atoms with Gasteiger partial charge in [-0.1, -0.05) is 41.5 Å². The number of benzene rings is 2. The minimum absolute atomic E-state index is 0.0444. The maximum absolute atomic E-state index is 13.1. The van der Waals surface area contributed by atoms with Gasteiger partial charge in [-0.05, 0) is 44.4 Å². The molecule has 2 aliphatic rings. The number of carbonyl (C=O) groups is 2. The number of carbonyl (C=O) groups excluding carboxylic acids is 2. The Hall–Kier alpha value is -2.86. The quantitative estimate of drug-likeness (QED) is 0.715. The van der Waals surface area contributed by atoms with E-state index in [1.807, 2.05) is 43.3 Å². The van der Waals surface area contributed by atoms with Crippen molar-refractivity contribution >= 4 is 17.6 Å². The lowest BCUT2D eigenvalue weighted by Gasteiger charge is -2.34. The number of ether oxygens (including phenoxy) is 1. The molecule has 0 aromatic heterocycles. The molecule has 2 aromatic rings. The van der Waals surface area contributed by atoms with E-state index in [2.05, 4.69) is 37.5 Å². The van der Waals surface area contributed by atoms with Gasteiger partial charge in [0.25, 0.3) is 0 Å². The zero-order valence-corrected chi connectivity index (χ0v) is 18.8. The van der Waals surface area contributed by atoms with Crippen molar-refractivity contribution in [3.05, 3.63) is 64.7 Å². The number of anilines is 1. The summed E-state index contributed by atoms with van der Waals surface area (Å²) in [6.07, 6.45) is 2.31. The van der Waals surface area contributed by atoms with E-state index in [4.69, 9.17) is 4.74 Å². The minimum atomic E-state index is -0.696. The fourth-order valence-electron chi connectivity index (χ4n) is 4.72. The van der Waals surface area contributed by atoms with Crippen molar-refractivity contribution in [2.45, 2.75) is 51.8 Å². The molecule has 1 amide bonds. The van der Waals surface area contributed by atoms with Crippen LogP contribution in [-0.4, -0.2) is 36.7 Å². The van der Waals surface area contributed by atoms with Gasteiger partial charge >= 0.3 is 6.09 Å². The van der Waals surface area contributed by atoms with Gasteiger partial charge in [-0.2, -0.15) is 5.43 Å². The molecule has 1 saturated heterocycles. The van der Waals surface area contributed by atoms with Crippen LogP contribution in [0, 0.1) is 19.8 Å². The molecular formula is C25H31N3O3. The molecule has 31 heavy (non-hydrogen) atoms. The van der Waals surface area contributed by atoms with Crippen LogP contribution < -0.4 is 10.3 Å². The maximum Gasteiger partial charge on any atom is 0.426 e. The third kappa shape index (κ3) is 4.59. The van der Waals surface area contributed by atoms with Gasteiger partial charge in [0.05, 0.1) is 6.54 Å². The Morgan fingerprint density at radius 1 is 1.13 bits per heavy atom. The van der Waals surface area contributed by atoms with Crippen LogP contribution in [0.15, 0.2) is 42.5 Å². The van der Waals surface area contributed by atoms with E-state index < -0.39 is 5.72 Å². The maximum atomic E-state index is 13.1. The SMILES string of the molecule is Cc1cc(C)cc(CN2NC3(CCC(C(=O)c4cccc(N(C)C)c4)CC3)OC2=O)c1. The van der Waals surface area contributed by atoms with Gasteiger partial charge in [-0.3, -0.25) is 4.79 Å². The zero-order chi connectivity index (χ0) is 22.2. The number of Topliss-reactive ketones (excluding diaryl/α,β-unsaturated/α-hetero) is 1. The molecule has 1 heterocycles. The molecule has 1 aliphatic heterocycles. The van der Waals surface area contributed by atoms with Crippen LogP contribution in [0.4, 0.5) is 10.5 Å². The second kappa shape index (κ2) is 8.35. The summed E-state index contributed by atoms with van der Waals surface area (Å²) in [6, 6.07) is 14.1. The smallest absolute Gasteiger partial charge is 0.425 e. The molecule has 1 N–H and O–H groups in total. The molecule has 0 unspecified atom stereocenters. The van der Waals surface area contributed by atoms with Crippen LogP contribution in [0.1, 0.15) is 52.7 Å². The number of hydrogen-bond acceptors (Lipinski definition) is 5. The molecule has 1 saturated carbocycles. The highest BCUT2D eigenvalue weighted by molar-refractivity contribution is 5.98. The Morgan fingerprint density at radius 2 is 1.81 bits per heavy atom. The average Bonchev–Trinajstić information content (AvgIpc) is 3.01. The van der Waals surface area contributed by atoms with E-state index in [0.717, 1.165) is 16.8 Å². The van der Waals surface area contributed by atoms with Gasteiger partial charge in [0, 0.05) is 44.1 Å². The van der Waals surface area contributed by atoms with Crippen LogP contribution >= 0.6 is 0 Å². The number of rotatable bonds is 5. The molecule has 0 radical (unpaired) electrons. The van der Waals surface area contributed by atoms with Crippen molar-refractivity contribution in [1.29, 1.82) is 0 Å². The summed E-state index contributed by atoms with van der Waals surface area (Å²) >= 11 is 0. The molecule has 2 fully saturated rings. The first-order valence-corrected chi connectivity index (χ1v) is 10.9. The van der Waals surface area contributed by atoms with E-state index in [0.29, 0.717) is 32.2 Å². The Balaban J connectivity index is 1.39. The number of hydrogen-bond donors (Lipinski definition) is 1. The molecular weight excluding hydrogens is 390 g/mol. The number of aryl methyl sites for hydroxylation is 2. The van der Waals surface area contributed by atoms with Gasteiger partial charge < -0.3 is 9.64 Å². The van der Waals surface area contributed by atoms with Crippen LogP contribution in [-0.2, 0) is 11.3 Å². The first kappa shape index (κ1) is 21.4. The highest BCUT2D eigenvalue weighted by Crippen LogP contribution is 2.38. The van der Waals surface area contributed by atoms with E-state index in [9.17, 15) is 9.59 Å². The van der Waals surface area contributed by atoms with Crippen molar-refractivity contribution in [2.24, 2.45) is 5.92 Å². The van der Waals surface area contributed by atoms with Gasteiger partial charge in [-0.15, -0.1) is 0 Å². The molecule has 1 aliphatic carbocycles. The van der Waals surface area contributed by atoms with Crippen LogP contribution in [0.5, 0.6) is 0 Å². The molecule has 6 heteroatoms. The third-order valence-electron chi connectivity index (χ3n) is 6.28. The van der Waals surface area contributed by atoms with E-state index in [1.165, 1.54) is 11.1 Å². The van der Waals surface area contributed by atoms with E-state index >= 15 is 0 Å². The van der Waals surface area contributed by atoms with Gasteiger partial charge in [0.1, 0.15) is 0 Å². The predicted molar refractivity (Wildman–Crippen MR) is 121 cm³/mol. The predicted octanol–water partition coefficient (Wildman–Crippen LogP) is 4.60. The number of nitrogens with zero attached hydrogens (tertiary/aromatic N) is 2. The topological polar surface area (TPSA) is 61.9 Å². The molecule has 4 rings (SSSR count). The second-order valence-corrected chi connectivity index (χ2v) is 9.14. The van der Waals surface area contributed by atoms with Crippen molar-refractivity contribution < 1.29 is 14.3 Å². The first-order chi connectivity index (χ1) is 14.7. The molecule has 2 aromatic carbocycles. The second-order valence-electron chi connectivity index (χ2n) is 9.14. The van der Waals surface area contributed by atoms with Crippen LogP contribution in [0.3, 0.4) is 0 Å². The fraction of sp³-hybridized carbons (Fsp3) is 0.440. The number of nitrogens with one attached hydrogen (secondary N) is 1. The Bertz CT molecular complexity index is 973. The van der Waals surface area contributed by atoms with Crippen LogP contribution in [0.2, 0.25) is 0 Å². The summed E-state index contributed by atoms with van der Waals surface area (Å²) in [5, 5.41) is 1.57. The fourth-order valence-corrected chi connectivity index (χ4v) is 4.72. The standard InChI is InChI=1S/C25H31N3O3/c1-17-12-18(2)14-19(13-17)16-28-24(30)31-25(26-28)10-8-20(9-11-25)23(29)21-6-5-7-22(15-21)27(3)4/h5-7,12-15,20,26H,8-11,16H2,1-4H3. The number of amides is 1. The Kier molecular flexibility index (Phi) is 5.75. The van der Waals surface area contributed by atoms with Crippen molar-refractivity contribution in [3.63, 3.8) is 0 Å². The van der Waals surface area contributed by atoms with Gasteiger partial charge in [0.2, 0.25) is 0 Å². The zero-order valence-electron chi connectivity index (χ0n) is 18.8. The molecule has 0 bridgehead atoms. The Morgan fingerprint density at radius 3 is 2.45 bits per heavy atom. The summed E-state index contributed by atoms with van der Waals surface area (Å²) in [7, 11) is 3.94. The average molecular weight is 422 g/mol. The first-order valence-electron chi connectivity index (χ1n) is 10.9. The molecule has 0 atom stereocenters. The summed E-state index contributed by atoms with van der Waals surface area (Å²) < 4.78 is 5.78. The van der Waals surface area contributed by atoms with Crippen molar-refractivity contribution in [2.75, 3.05) is 19.0 Å². The van der Waals surface area contributed by atoms with E-state index in [1.54, 1.807) is 5.01 Å². The lowest BCUT2D eigenvalue weighted by atomic mass is 9.80. The summed E-state index contributed by atoms with van der Waals surface area (Å²) in [6.45, 7) is 4.57. The lowest BCUT2D eigenvalue weighted by molar-refractivity contribution is -0.0157. The highest BCUT2D eigenvalue weighted by atomic mass is 16.6. The summed E-state index contributed by atoms with van der Waals surface area (Å²) in [5.74, 6) is 0.131. The van der Waals surface area contributed by atoms with Crippen LogP contribution in [0.25, 0.3) is 0 Å². The number of hydrazine groups is 1. The summed E-state index contributed by atoms with van der Waals surface area (Å²) in [4.78, 5) is 27.6. The van der Waals surface area contributed by atoms with Crippen molar-refractivity contribution in [3.8, 4) is 0 Å². The van der Waals surface area contributed by atoms with E-state index in [-0.39, 0.29) is 17.8 Å². The lowest BCUT2D eigenvalue weighted by Crippen LogP contribution is -2.49. The number of ketones is 1. The largest absolute Gasteiger partial charge is 0.426 e. The normalized spacial score (nSPS) is 23.2. The minimum Gasteiger partial charge on any atom is -0.425 e. The molecule has 1 spiro atoms. The highest BCUT2D eigenvalue weighted by Gasteiger charge is 2.47. The molecule has 164 valence electrons. The van der Waals surface area contributed by atoms with Gasteiger partial charge in [-0.25, -0.2) is 9.80 Å². The molecule has 6 nitrogen and oxygen atoms in total. The van der Waals surface area contributed by atoms with Crippen molar-refractivity contribution in [1.82, 2.24) is 10.4 Å². The third-order valence-corrected chi connectivity index (χ3v) is 6.28.